The van der Waals surface area contributed by atoms with Gasteiger partial charge in [0.25, 0.3) is 0 Å². The van der Waals surface area contributed by atoms with E-state index in [0.717, 1.165) is 11.6 Å². The Labute approximate surface area is 76.4 Å². The molecule has 0 aliphatic carbocycles. The standard InChI is InChI=1S/C8H11N3S/c1-3-7(6-9)12-8-10-4-5-11(8)2/h4-5,7H,3H2,1-2H3. The molecule has 1 aromatic heterocycles. The highest BCUT2D eigenvalue weighted by Crippen LogP contribution is 2.22. The Hall–Kier alpha value is -0.950. The van der Waals surface area contributed by atoms with E-state index in [1.165, 1.54) is 11.8 Å². The fraction of sp³-hybridized carbons (Fsp3) is 0.500. The van der Waals surface area contributed by atoms with Gasteiger partial charge < -0.3 is 4.57 Å². The van der Waals surface area contributed by atoms with E-state index in [9.17, 15) is 0 Å². The van der Waals surface area contributed by atoms with Crippen LogP contribution in [-0.2, 0) is 7.05 Å². The molecule has 0 saturated heterocycles. The molecule has 1 heterocycles. The second kappa shape index (κ2) is 4.17. The van der Waals surface area contributed by atoms with E-state index in [4.69, 9.17) is 5.26 Å². The molecule has 0 aliphatic rings. The molecule has 0 aromatic carbocycles. The van der Waals surface area contributed by atoms with Gasteiger partial charge in [0.1, 0.15) is 0 Å². The minimum Gasteiger partial charge on any atom is -0.329 e. The lowest BCUT2D eigenvalue weighted by atomic mass is 10.4. The predicted octanol–water partition coefficient (Wildman–Crippen LogP) is 1.81. The zero-order chi connectivity index (χ0) is 8.97. The van der Waals surface area contributed by atoms with Crippen molar-refractivity contribution in [1.29, 1.82) is 5.26 Å². The van der Waals surface area contributed by atoms with Crippen LogP contribution < -0.4 is 0 Å². The SMILES string of the molecule is CCC(C#N)Sc1nccn1C. The van der Waals surface area contributed by atoms with Crippen LogP contribution in [0, 0.1) is 11.3 Å². The lowest BCUT2D eigenvalue weighted by Crippen LogP contribution is -1.99. The van der Waals surface area contributed by atoms with Gasteiger partial charge in [-0.05, 0) is 6.42 Å². The van der Waals surface area contributed by atoms with Crippen LogP contribution in [-0.4, -0.2) is 14.8 Å². The highest BCUT2D eigenvalue weighted by Gasteiger charge is 2.09. The van der Waals surface area contributed by atoms with E-state index in [-0.39, 0.29) is 5.25 Å². The number of nitriles is 1. The van der Waals surface area contributed by atoms with Crippen LogP contribution in [0.25, 0.3) is 0 Å². The maximum absolute atomic E-state index is 8.71. The number of imidazole rings is 1. The largest absolute Gasteiger partial charge is 0.329 e. The van der Waals surface area contributed by atoms with E-state index in [1.807, 2.05) is 24.7 Å². The Bertz CT molecular complexity index is 287. The van der Waals surface area contributed by atoms with Gasteiger partial charge in [-0.3, -0.25) is 0 Å². The summed E-state index contributed by atoms with van der Waals surface area (Å²) < 4.78 is 1.92. The summed E-state index contributed by atoms with van der Waals surface area (Å²) in [4.78, 5) is 4.13. The van der Waals surface area contributed by atoms with Crippen molar-refractivity contribution in [1.82, 2.24) is 9.55 Å². The number of rotatable bonds is 3. The molecule has 64 valence electrons. The van der Waals surface area contributed by atoms with Crippen LogP contribution >= 0.6 is 11.8 Å². The van der Waals surface area contributed by atoms with Crippen molar-refractivity contribution >= 4 is 11.8 Å². The maximum Gasteiger partial charge on any atom is 0.168 e. The van der Waals surface area contributed by atoms with Crippen LogP contribution in [0.3, 0.4) is 0 Å². The Morgan fingerprint density at radius 3 is 3.00 bits per heavy atom. The number of hydrogen-bond acceptors (Lipinski definition) is 3. The second-order valence-corrected chi connectivity index (χ2v) is 3.63. The summed E-state index contributed by atoms with van der Waals surface area (Å²) in [6.45, 7) is 2.00. The molecule has 1 unspecified atom stereocenters. The van der Waals surface area contributed by atoms with Gasteiger partial charge in [-0.25, -0.2) is 4.98 Å². The highest BCUT2D eigenvalue weighted by atomic mass is 32.2. The third kappa shape index (κ3) is 2.02. The summed E-state index contributed by atoms with van der Waals surface area (Å²) in [7, 11) is 1.93. The van der Waals surface area contributed by atoms with E-state index in [0.29, 0.717) is 0 Å². The van der Waals surface area contributed by atoms with Gasteiger partial charge in [0, 0.05) is 19.4 Å². The molecule has 0 radical (unpaired) electrons. The average molecular weight is 181 g/mol. The minimum atomic E-state index is 0.0195. The lowest BCUT2D eigenvalue weighted by molar-refractivity contribution is 0.786. The minimum absolute atomic E-state index is 0.0195. The van der Waals surface area contributed by atoms with Gasteiger partial charge in [-0.1, -0.05) is 18.7 Å². The molecule has 4 heteroatoms. The second-order valence-electron chi connectivity index (χ2n) is 2.46. The van der Waals surface area contributed by atoms with Crippen LogP contribution in [0.15, 0.2) is 17.6 Å². The molecule has 1 atom stereocenters. The molecule has 1 rings (SSSR count). The first-order chi connectivity index (χ1) is 5.77. The van der Waals surface area contributed by atoms with Crippen LogP contribution in [0.2, 0.25) is 0 Å². The number of hydrogen-bond donors (Lipinski definition) is 0. The third-order valence-electron chi connectivity index (χ3n) is 1.54. The summed E-state index contributed by atoms with van der Waals surface area (Å²) >= 11 is 1.51. The van der Waals surface area contributed by atoms with Crippen molar-refractivity contribution in [2.24, 2.45) is 7.05 Å². The lowest BCUT2D eigenvalue weighted by Gasteiger charge is -2.04. The zero-order valence-electron chi connectivity index (χ0n) is 7.19. The molecule has 0 bridgehead atoms. The fourth-order valence-corrected chi connectivity index (χ4v) is 1.62. The summed E-state index contributed by atoms with van der Waals surface area (Å²) in [6.07, 6.45) is 4.48. The number of aryl methyl sites for hydroxylation is 1. The Morgan fingerprint density at radius 1 is 1.83 bits per heavy atom. The van der Waals surface area contributed by atoms with Crippen molar-refractivity contribution < 1.29 is 0 Å². The summed E-state index contributed by atoms with van der Waals surface area (Å²) in [5.74, 6) is 0. The Kier molecular flexibility index (Phi) is 3.18. The molecule has 0 spiro atoms. The predicted molar refractivity (Wildman–Crippen MR) is 48.8 cm³/mol. The normalized spacial score (nSPS) is 12.4. The highest BCUT2D eigenvalue weighted by molar-refractivity contribution is 8.00. The number of thioether (sulfide) groups is 1. The van der Waals surface area contributed by atoms with E-state index >= 15 is 0 Å². The van der Waals surface area contributed by atoms with Crippen LogP contribution in [0.1, 0.15) is 13.3 Å². The fourth-order valence-electron chi connectivity index (χ4n) is 0.794. The van der Waals surface area contributed by atoms with Gasteiger partial charge in [0.2, 0.25) is 0 Å². The van der Waals surface area contributed by atoms with Crippen LogP contribution in [0.4, 0.5) is 0 Å². The van der Waals surface area contributed by atoms with Gasteiger partial charge in [-0.2, -0.15) is 5.26 Å². The Morgan fingerprint density at radius 2 is 2.58 bits per heavy atom. The molecule has 0 N–H and O–H groups in total. The maximum atomic E-state index is 8.71. The van der Waals surface area contributed by atoms with E-state index in [1.54, 1.807) is 6.20 Å². The quantitative estimate of drug-likeness (QED) is 0.668. The molecule has 0 amide bonds. The van der Waals surface area contributed by atoms with Crippen LogP contribution in [0.5, 0.6) is 0 Å². The Balaban J connectivity index is 2.64. The first-order valence-electron chi connectivity index (χ1n) is 3.81. The van der Waals surface area contributed by atoms with Crippen molar-refractivity contribution in [2.75, 3.05) is 0 Å². The van der Waals surface area contributed by atoms with Crippen molar-refractivity contribution in [3.05, 3.63) is 12.4 Å². The van der Waals surface area contributed by atoms with Gasteiger partial charge in [-0.15, -0.1) is 0 Å². The van der Waals surface area contributed by atoms with Crippen molar-refractivity contribution in [3.63, 3.8) is 0 Å². The van der Waals surface area contributed by atoms with Gasteiger partial charge >= 0.3 is 0 Å². The summed E-state index contributed by atoms with van der Waals surface area (Å²) in [5, 5.41) is 9.63. The summed E-state index contributed by atoms with van der Waals surface area (Å²) in [5.41, 5.74) is 0. The molecular weight excluding hydrogens is 170 g/mol. The van der Waals surface area contributed by atoms with Crippen molar-refractivity contribution in [2.45, 2.75) is 23.8 Å². The first-order valence-corrected chi connectivity index (χ1v) is 4.69. The van der Waals surface area contributed by atoms with E-state index < -0.39 is 0 Å². The smallest absolute Gasteiger partial charge is 0.168 e. The molecular formula is C8H11N3S. The number of aromatic nitrogens is 2. The zero-order valence-corrected chi connectivity index (χ0v) is 8.01. The molecule has 0 aliphatic heterocycles. The summed E-state index contributed by atoms with van der Waals surface area (Å²) in [6, 6.07) is 2.23. The molecule has 0 saturated carbocycles. The molecule has 12 heavy (non-hydrogen) atoms. The van der Waals surface area contributed by atoms with Gasteiger partial charge in [0.15, 0.2) is 5.16 Å². The molecule has 3 nitrogen and oxygen atoms in total. The molecule has 1 aromatic rings. The monoisotopic (exact) mass is 181 g/mol. The van der Waals surface area contributed by atoms with Crippen molar-refractivity contribution in [3.8, 4) is 6.07 Å². The van der Waals surface area contributed by atoms with E-state index in [2.05, 4.69) is 11.1 Å². The topological polar surface area (TPSA) is 41.6 Å². The third-order valence-corrected chi connectivity index (χ3v) is 2.87. The first kappa shape index (κ1) is 9.14. The molecule has 0 fully saturated rings. The average Bonchev–Trinajstić information content (AvgIpc) is 2.47. The number of nitrogens with zero attached hydrogens (tertiary/aromatic N) is 3. The van der Waals surface area contributed by atoms with Gasteiger partial charge in [0.05, 0.1) is 11.3 Å².